The molecule has 4 heteroatoms. The summed E-state index contributed by atoms with van der Waals surface area (Å²) >= 11 is 1.66. The van der Waals surface area contributed by atoms with Crippen LogP contribution in [-0.4, -0.2) is 19.2 Å². The molecule has 0 fully saturated rings. The lowest BCUT2D eigenvalue weighted by Gasteiger charge is -2.23. The molecule has 0 saturated carbocycles. The zero-order valence-corrected chi connectivity index (χ0v) is 10.5. The molecule has 0 N–H and O–H groups in total. The van der Waals surface area contributed by atoms with Crippen LogP contribution in [0.3, 0.4) is 0 Å². The third kappa shape index (κ3) is 1.52. The van der Waals surface area contributed by atoms with Gasteiger partial charge < -0.3 is 9.47 Å². The number of rotatable bonds is 1. The number of carbonyl (C=O) groups excluding carboxylic acids is 1. The second-order valence-corrected chi connectivity index (χ2v) is 5.14. The number of hydrogen-bond donors (Lipinski definition) is 0. The van der Waals surface area contributed by atoms with Crippen LogP contribution in [-0.2, 0) is 11.2 Å². The Hall–Kier alpha value is -1.55. The van der Waals surface area contributed by atoms with Gasteiger partial charge in [0, 0.05) is 16.5 Å². The highest BCUT2D eigenvalue weighted by atomic mass is 32.1. The maximum atomic E-state index is 11.9. The minimum absolute atomic E-state index is 0.0582. The van der Waals surface area contributed by atoms with Crippen molar-refractivity contribution in [2.45, 2.75) is 19.4 Å². The normalized spacial score (nSPS) is 18.9. The van der Waals surface area contributed by atoms with Gasteiger partial charge in [0.15, 0.2) is 0 Å². The smallest absolute Gasteiger partial charge is 0.342 e. The van der Waals surface area contributed by atoms with Gasteiger partial charge in [0.25, 0.3) is 0 Å². The molecule has 0 spiro atoms. The molecule has 1 atom stereocenters. The minimum Gasteiger partial charge on any atom is -0.495 e. The van der Waals surface area contributed by atoms with E-state index in [0.717, 1.165) is 22.1 Å². The molecule has 0 radical (unpaired) electrons. The third-order valence-corrected chi connectivity index (χ3v) is 3.88. The van der Waals surface area contributed by atoms with Gasteiger partial charge in [-0.3, -0.25) is 0 Å². The fraction of sp³-hybridized carbons (Fsp3) is 0.308. The second-order valence-electron chi connectivity index (χ2n) is 4.20. The van der Waals surface area contributed by atoms with E-state index in [-0.39, 0.29) is 12.1 Å². The summed E-state index contributed by atoms with van der Waals surface area (Å²) in [5.41, 5.74) is 1.62. The lowest BCUT2D eigenvalue weighted by atomic mass is 9.97. The van der Waals surface area contributed by atoms with Gasteiger partial charge in [-0.1, -0.05) is 0 Å². The van der Waals surface area contributed by atoms with Gasteiger partial charge in [0.1, 0.15) is 17.4 Å². The molecule has 1 aliphatic heterocycles. The fourth-order valence-electron chi connectivity index (χ4n) is 2.32. The maximum Gasteiger partial charge on any atom is 0.342 e. The minimum atomic E-state index is -0.274. The maximum absolute atomic E-state index is 11.9. The van der Waals surface area contributed by atoms with E-state index >= 15 is 0 Å². The Kier molecular flexibility index (Phi) is 2.33. The molecule has 2 aromatic rings. The van der Waals surface area contributed by atoms with Crippen LogP contribution in [0.15, 0.2) is 17.5 Å². The van der Waals surface area contributed by atoms with E-state index in [1.165, 1.54) is 0 Å². The molecule has 3 nitrogen and oxygen atoms in total. The number of fused-ring (bicyclic) bond motifs is 2. The largest absolute Gasteiger partial charge is 0.495 e. The van der Waals surface area contributed by atoms with Gasteiger partial charge in [-0.05, 0) is 30.0 Å². The first-order valence-corrected chi connectivity index (χ1v) is 6.36. The van der Waals surface area contributed by atoms with E-state index < -0.39 is 0 Å². The monoisotopic (exact) mass is 248 g/mol. The number of thiophene rings is 1. The Balaban J connectivity index is 2.34. The van der Waals surface area contributed by atoms with E-state index in [2.05, 4.69) is 6.07 Å². The van der Waals surface area contributed by atoms with Crippen molar-refractivity contribution in [3.05, 3.63) is 28.6 Å². The molecule has 0 amide bonds. The van der Waals surface area contributed by atoms with Crippen LogP contribution >= 0.6 is 11.3 Å². The highest BCUT2D eigenvalue weighted by Gasteiger charge is 2.28. The number of carbonyl (C=O) groups is 1. The summed E-state index contributed by atoms with van der Waals surface area (Å²) in [6.45, 7) is 1.91. The van der Waals surface area contributed by atoms with Gasteiger partial charge in [-0.2, -0.15) is 0 Å². The quantitative estimate of drug-likeness (QED) is 0.728. The molecule has 0 aliphatic carbocycles. The average molecular weight is 248 g/mol. The molecular formula is C13H12O3S. The topological polar surface area (TPSA) is 35.5 Å². The molecule has 1 aromatic carbocycles. The summed E-state index contributed by atoms with van der Waals surface area (Å²) in [5.74, 6) is 0.374. The Morgan fingerprint density at radius 3 is 3.12 bits per heavy atom. The highest BCUT2D eigenvalue weighted by Crippen LogP contribution is 2.38. The second kappa shape index (κ2) is 3.74. The van der Waals surface area contributed by atoms with E-state index in [9.17, 15) is 4.79 Å². The summed E-state index contributed by atoms with van der Waals surface area (Å²) < 4.78 is 11.8. The SMILES string of the molecule is COc1c2c(cc3sccc13)CC(C)OC2=O. The number of esters is 1. The van der Waals surface area contributed by atoms with Crippen LogP contribution in [0, 0.1) is 0 Å². The van der Waals surface area contributed by atoms with Crippen molar-refractivity contribution in [3.63, 3.8) is 0 Å². The average Bonchev–Trinajstić information content (AvgIpc) is 2.73. The van der Waals surface area contributed by atoms with Crippen molar-refractivity contribution >= 4 is 27.4 Å². The molecule has 0 bridgehead atoms. The standard InChI is InChI=1S/C13H12O3S/c1-7-5-8-6-10-9(3-4-17-10)12(15-2)11(8)13(14)16-7/h3-4,6-7H,5H2,1-2H3. The predicted octanol–water partition coefficient (Wildman–Crippen LogP) is 3.01. The van der Waals surface area contributed by atoms with Gasteiger partial charge in [-0.25, -0.2) is 4.79 Å². The molecule has 1 aliphatic rings. The summed E-state index contributed by atoms with van der Waals surface area (Å²) in [6.07, 6.45) is 0.697. The lowest BCUT2D eigenvalue weighted by Crippen LogP contribution is -2.25. The third-order valence-electron chi connectivity index (χ3n) is 3.02. The van der Waals surface area contributed by atoms with E-state index in [0.29, 0.717) is 11.3 Å². The molecule has 1 unspecified atom stereocenters. The van der Waals surface area contributed by atoms with E-state index in [4.69, 9.17) is 9.47 Å². The van der Waals surface area contributed by atoms with Crippen LogP contribution in [0.25, 0.3) is 10.1 Å². The zero-order chi connectivity index (χ0) is 12.0. The van der Waals surface area contributed by atoms with E-state index in [1.54, 1.807) is 18.4 Å². The molecule has 3 rings (SSSR count). The molecule has 88 valence electrons. The number of hydrogen-bond acceptors (Lipinski definition) is 4. The first kappa shape index (κ1) is 10.6. The first-order chi connectivity index (χ1) is 8.20. The van der Waals surface area contributed by atoms with Crippen molar-refractivity contribution in [3.8, 4) is 5.75 Å². The van der Waals surface area contributed by atoms with Gasteiger partial charge in [0.05, 0.1) is 7.11 Å². The number of ether oxygens (including phenoxy) is 2. The van der Waals surface area contributed by atoms with Crippen molar-refractivity contribution in [1.29, 1.82) is 0 Å². The Labute approximate surface area is 103 Å². The van der Waals surface area contributed by atoms with Gasteiger partial charge in [-0.15, -0.1) is 11.3 Å². The van der Waals surface area contributed by atoms with E-state index in [1.807, 2.05) is 18.4 Å². The van der Waals surface area contributed by atoms with Crippen molar-refractivity contribution in [1.82, 2.24) is 0 Å². The highest BCUT2D eigenvalue weighted by molar-refractivity contribution is 7.17. The predicted molar refractivity (Wildman–Crippen MR) is 67.0 cm³/mol. The first-order valence-electron chi connectivity index (χ1n) is 5.48. The Morgan fingerprint density at radius 1 is 1.53 bits per heavy atom. The van der Waals surface area contributed by atoms with Gasteiger partial charge >= 0.3 is 5.97 Å². The molecule has 1 aromatic heterocycles. The lowest BCUT2D eigenvalue weighted by molar-refractivity contribution is 0.0297. The molecule has 17 heavy (non-hydrogen) atoms. The summed E-state index contributed by atoms with van der Waals surface area (Å²) in [7, 11) is 1.60. The van der Waals surface area contributed by atoms with Crippen molar-refractivity contribution in [2.24, 2.45) is 0 Å². The van der Waals surface area contributed by atoms with Crippen LogP contribution in [0.1, 0.15) is 22.8 Å². The summed E-state index contributed by atoms with van der Waals surface area (Å²) in [4.78, 5) is 11.9. The number of methoxy groups -OCH3 is 1. The number of cyclic esters (lactones) is 1. The molecule has 0 saturated heterocycles. The summed E-state index contributed by atoms with van der Waals surface area (Å²) in [6, 6.07) is 4.05. The molecule has 2 heterocycles. The van der Waals surface area contributed by atoms with Crippen molar-refractivity contribution < 1.29 is 14.3 Å². The Morgan fingerprint density at radius 2 is 2.35 bits per heavy atom. The number of benzene rings is 1. The van der Waals surface area contributed by atoms with Gasteiger partial charge in [0.2, 0.25) is 0 Å². The summed E-state index contributed by atoms with van der Waals surface area (Å²) in [5, 5.41) is 3.00. The van der Waals surface area contributed by atoms with Crippen LogP contribution in [0.2, 0.25) is 0 Å². The van der Waals surface area contributed by atoms with Crippen LogP contribution in [0.5, 0.6) is 5.75 Å². The molecular weight excluding hydrogens is 236 g/mol. The van der Waals surface area contributed by atoms with Crippen molar-refractivity contribution in [2.75, 3.05) is 7.11 Å². The van der Waals surface area contributed by atoms with Crippen LogP contribution < -0.4 is 4.74 Å². The van der Waals surface area contributed by atoms with Crippen LogP contribution in [0.4, 0.5) is 0 Å². The zero-order valence-electron chi connectivity index (χ0n) is 9.65. The Bertz CT molecular complexity index is 600. The fourth-order valence-corrected chi connectivity index (χ4v) is 3.17.